The van der Waals surface area contributed by atoms with Gasteiger partial charge in [0.15, 0.2) is 6.23 Å². The fourth-order valence-corrected chi connectivity index (χ4v) is 1.83. The first kappa shape index (κ1) is 9.58. The van der Waals surface area contributed by atoms with Gasteiger partial charge in [-0.15, -0.1) is 5.06 Å². The van der Waals surface area contributed by atoms with Crippen LogP contribution < -0.4 is 0 Å². The molecular formula is C14H13NO. The minimum Gasteiger partial charge on any atom is -0.270 e. The molecule has 1 unspecified atom stereocenters. The first-order valence-corrected chi connectivity index (χ1v) is 5.46. The van der Waals surface area contributed by atoms with Crippen LogP contribution in [0, 0.1) is 0 Å². The molecule has 0 aliphatic carbocycles. The van der Waals surface area contributed by atoms with E-state index >= 15 is 0 Å². The quantitative estimate of drug-likeness (QED) is 0.725. The van der Waals surface area contributed by atoms with E-state index < -0.39 is 0 Å². The van der Waals surface area contributed by atoms with Crippen LogP contribution in [0.2, 0.25) is 0 Å². The summed E-state index contributed by atoms with van der Waals surface area (Å²) in [5.41, 5.74) is 2.50. The van der Waals surface area contributed by atoms with Gasteiger partial charge in [-0.2, -0.15) is 0 Å². The van der Waals surface area contributed by atoms with Crippen LogP contribution in [0.15, 0.2) is 60.7 Å². The Bertz CT molecular complexity index is 455. The predicted molar refractivity (Wildman–Crippen MR) is 62.3 cm³/mol. The Morgan fingerprint density at radius 3 is 2.19 bits per heavy atom. The topological polar surface area (TPSA) is 15.5 Å². The second kappa shape index (κ2) is 4.08. The fraction of sp³-hybridized carbons (Fsp3) is 0.143. The smallest absolute Gasteiger partial charge is 0.180 e. The van der Waals surface area contributed by atoms with E-state index in [2.05, 4.69) is 36.4 Å². The number of rotatable bonds is 3. The average Bonchev–Trinajstić information content (AvgIpc) is 3.11. The summed E-state index contributed by atoms with van der Waals surface area (Å²) in [4.78, 5) is 5.54. The van der Waals surface area contributed by atoms with E-state index in [1.807, 2.05) is 29.3 Å². The SMILES string of the molecule is c1ccc(CN2O[C@H]2c2ccccc2)cc1. The molecule has 16 heavy (non-hydrogen) atoms. The third-order valence-corrected chi connectivity index (χ3v) is 2.72. The predicted octanol–water partition coefficient (Wildman–Crippen LogP) is 3.13. The van der Waals surface area contributed by atoms with Gasteiger partial charge >= 0.3 is 0 Å². The van der Waals surface area contributed by atoms with E-state index in [1.54, 1.807) is 0 Å². The van der Waals surface area contributed by atoms with Crippen molar-refractivity contribution in [3.63, 3.8) is 0 Å². The number of nitrogens with zero attached hydrogens (tertiary/aromatic N) is 1. The van der Waals surface area contributed by atoms with Crippen molar-refractivity contribution in [3.8, 4) is 0 Å². The first-order chi connectivity index (χ1) is 7.93. The minimum absolute atomic E-state index is 0.140. The van der Waals surface area contributed by atoms with E-state index in [1.165, 1.54) is 11.1 Å². The van der Waals surface area contributed by atoms with Crippen molar-refractivity contribution in [3.05, 3.63) is 71.8 Å². The lowest BCUT2D eigenvalue weighted by molar-refractivity contribution is 0.192. The lowest BCUT2D eigenvalue weighted by atomic mass is 10.2. The van der Waals surface area contributed by atoms with Crippen molar-refractivity contribution in [1.29, 1.82) is 0 Å². The summed E-state index contributed by atoms with van der Waals surface area (Å²) in [5.74, 6) is 0. The number of benzene rings is 2. The molecule has 0 spiro atoms. The molecule has 0 radical (unpaired) electrons. The van der Waals surface area contributed by atoms with Crippen LogP contribution in [0.1, 0.15) is 17.4 Å². The van der Waals surface area contributed by atoms with Gasteiger partial charge in [-0.25, -0.2) is 0 Å². The number of hydrogen-bond acceptors (Lipinski definition) is 2. The summed E-state index contributed by atoms with van der Waals surface area (Å²) in [6, 6.07) is 20.6. The van der Waals surface area contributed by atoms with Crippen LogP contribution in [0.3, 0.4) is 0 Å². The Balaban J connectivity index is 1.65. The summed E-state index contributed by atoms with van der Waals surface area (Å²) in [6.07, 6.45) is 0.140. The lowest BCUT2D eigenvalue weighted by Crippen LogP contribution is -1.97. The maximum absolute atomic E-state index is 5.54. The van der Waals surface area contributed by atoms with Gasteiger partial charge in [-0.3, -0.25) is 4.84 Å². The highest BCUT2D eigenvalue weighted by Crippen LogP contribution is 2.37. The molecule has 1 saturated heterocycles. The van der Waals surface area contributed by atoms with Crippen LogP contribution in [0.25, 0.3) is 0 Å². The summed E-state index contributed by atoms with van der Waals surface area (Å²) in [5, 5.41) is 1.99. The van der Waals surface area contributed by atoms with Crippen LogP contribution in [-0.4, -0.2) is 5.06 Å². The molecule has 0 bridgehead atoms. The van der Waals surface area contributed by atoms with Gasteiger partial charge in [0, 0.05) is 0 Å². The second-order valence-corrected chi connectivity index (χ2v) is 3.93. The summed E-state index contributed by atoms with van der Waals surface area (Å²) in [6.45, 7) is 0.848. The highest BCUT2D eigenvalue weighted by molar-refractivity contribution is 5.20. The third kappa shape index (κ3) is 1.98. The summed E-state index contributed by atoms with van der Waals surface area (Å²) in [7, 11) is 0. The Morgan fingerprint density at radius 1 is 0.875 bits per heavy atom. The van der Waals surface area contributed by atoms with Gasteiger partial charge in [0.2, 0.25) is 0 Å². The van der Waals surface area contributed by atoms with Crippen LogP contribution in [-0.2, 0) is 11.4 Å². The van der Waals surface area contributed by atoms with Crippen molar-refractivity contribution in [2.24, 2.45) is 0 Å². The van der Waals surface area contributed by atoms with Gasteiger partial charge in [-0.1, -0.05) is 60.7 Å². The number of hydrogen-bond donors (Lipinski definition) is 0. The zero-order valence-corrected chi connectivity index (χ0v) is 8.91. The third-order valence-electron chi connectivity index (χ3n) is 2.72. The monoisotopic (exact) mass is 211 g/mol. The molecule has 2 heteroatoms. The maximum Gasteiger partial charge on any atom is 0.180 e. The largest absolute Gasteiger partial charge is 0.270 e. The van der Waals surface area contributed by atoms with Crippen molar-refractivity contribution in [1.82, 2.24) is 5.06 Å². The fourth-order valence-electron chi connectivity index (χ4n) is 1.83. The Labute approximate surface area is 95.0 Å². The van der Waals surface area contributed by atoms with Gasteiger partial charge in [0.1, 0.15) is 0 Å². The molecule has 0 aromatic heterocycles. The lowest BCUT2D eigenvalue weighted by Gasteiger charge is -1.98. The molecule has 0 amide bonds. The molecule has 80 valence electrons. The maximum atomic E-state index is 5.54. The van der Waals surface area contributed by atoms with Crippen molar-refractivity contribution < 1.29 is 4.84 Å². The minimum atomic E-state index is 0.140. The first-order valence-electron chi connectivity index (χ1n) is 5.46. The van der Waals surface area contributed by atoms with E-state index in [0.717, 1.165) is 6.54 Å². The Kier molecular flexibility index (Phi) is 2.44. The molecule has 1 aliphatic heterocycles. The zero-order chi connectivity index (χ0) is 10.8. The Morgan fingerprint density at radius 2 is 1.50 bits per heavy atom. The molecule has 2 aromatic carbocycles. The summed E-state index contributed by atoms with van der Waals surface area (Å²) >= 11 is 0. The van der Waals surface area contributed by atoms with Crippen LogP contribution >= 0.6 is 0 Å². The van der Waals surface area contributed by atoms with Gasteiger partial charge in [0.05, 0.1) is 6.54 Å². The normalized spacial score (nSPS) is 23.0. The van der Waals surface area contributed by atoms with Gasteiger partial charge < -0.3 is 0 Å². The highest BCUT2D eigenvalue weighted by atomic mass is 16.8. The molecule has 0 N–H and O–H groups in total. The van der Waals surface area contributed by atoms with E-state index in [4.69, 9.17) is 4.84 Å². The molecular weight excluding hydrogens is 198 g/mol. The molecule has 2 nitrogen and oxygen atoms in total. The molecule has 1 aliphatic rings. The Hall–Kier alpha value is -1.64. The molecule has 1 heterocycles. The van der Waals surface area contributed by atoms with E-state index in [-0.39, 0.29) is 6.23 Å². The molecule has 3 rings (SSSR count). The molecule has 2 atom stereocenters. The zero-order valence-electron chi connectivity index (χ0n) is 8.91. The molecule has 1 fully saturated rings. The van der Waals surface area contributed by atoms with Gasteiger partial charge in [-0.05, 0) is 11.1 Å². The standard InChI is InChI=1S/C14H13NO/c1-3-7-12(8-4-1)11-15-14(16-15)13-9-5-2-6-10-13/h1-10,14H,11H2/t14-,15?/m0/s1. The van der Waals surface area contributed by atoms with Gasteiger partial charge in [0.25, 0.3) is 0 Å². The molecule has 2 aromatic rings. The van der Waals surface area contributed by atoms with Crippen molar-refractivity contribution in [2.45, 2.75) is 12.8 Å². The second-order valence-electron chi connectivity index (χ2n) is 3.93. The average molecular weight is 211 g/mol. The van der Waals surface area contributed by atoms with Crippen molar-refractivity contribution >= 4 is 0 Å². The van der Waals surface area contributed by atoms with E-state index in [9.17, 15) is 0 Å². The summed E-state index contributed by atoms with van der Waals surface area (Å²) < 4.78 is 0. The van der Waals surface area contributed by atoms with Crippen molar-refractivity contribution in [2.75, 3.05) is 0 Å². The molecule has 0 saturated carbocycles. The number of hydroxylamine groups is 2. The van der Waals surface area contributed by atoms with Crippen LogP contribution in [0.5, 0.6) is 0 Å². The van der Waals surface area contributed by atoms with E-state index in [0.29, 0.717) is 0 Å². The highest BCUT2D eigenvalue weighted by Gasteiger charge is 2.37. The van der Waals surface area contributed by atoms with Crippen LogP contribution in [0.4, 0.5) is 0 Å².